The molecule has 7 atom stereocenters. The van der Waals surface area contributed by atoms with Gasteiger partial charge < -0.3 is 11.5 Å². The van der Waals surface area contributed by atoms with Crippen LogP contribution in [0.5, 0.6) is 0 Å². The van der Waals surface area contributed by atoms with E-state index in [-0.39, 0.29) is 0 Å². The lowest BCUT2D eigenvalue weighted by atomic mass is 9.71. The van der Waals surface area contributed by atoms with Gasteiger partial charge in [-0.15, -0.1) is 0 Å². The van der Waals surface area contributed by atoms with Gasteiger partial charge in [-0.1, -0.05) is 126 Å². The molecule has 0 saturated heterocycles. The quantitative estimate of drug-likeness (QED) is 0.193. The molecule has 0 spiro atoms. The molecule has 2 aliphatic carbocycles. The van der Waals surface area contributed by atoms with Gasteiger partial charge in [-0.05, 0) is 93.0 Å². The Morgan fingerprint density at radius 3 is 2.00 bits per heavy atom. The first kappa shape index (κ1) is 31.9. The molecule has 7 unspecified atom stereocenters. The third kappa shape index (κ3) is 12.4. The van der Waals surface area contributed by atoms with Gasteiger partial charge in [0, 0.05) is 4.43 Å². The maximum atomic E-state index is 6.07. The molecule has 3 heteroatoms. The lowest BCUT2D eigenvalue weighted by molar-refractivity contribution is 0.173. The molecule has 35 heavy (non-hydrogen) atoms. The van der Waals surface area contributed by atoms with Crippen molar-refractivity contribution < 1.29 is 0 Å². The molecule has 0 radical (unpaired) electrons. The molecule has 0 aromatic rings. The summed E-state index contributed by atoms with van der Waals surface area (Å²) in [5, 5.41) is 0. The second kappa shape index (κ2) is 19.7. The fourth-order valence-electron chi connectivity index (χ4n) is 7.81. The van der Waals surface area contributed by atoms with Crippen LogP contribution in [0.1, 0.15) is 142 Å². The number of halogens is 1. The molecule has 0 bridgehead atoms. The number of alkyl halides is 1. The zero-order chi connectivity index (χ0) is 25.3. The Morgan fingerprint density at radius 2 is 1.31 bits per heavy atom. The van der Waals surface area contributed by atoms with E-state index < -0.39 is 0 Å². The maximum Gasteiger partial charge on any atom is 0.00262 e. The third-order valence-electron chi connectivity index (χ3n) is 10.4. The fourth-order valence-corrected chi connectivity index (χ4v) is 9.15. The molecule has 208 valence electrons. The summed E-state index contributed by atoms with van der Waals surface area (Å²) in [6.07, 6.45) is 28.7. The standard InChI is InChI=1S/C32H63IN2/c1-3-26-10-5-6-13-31(19-17-27(16-15-26)21-23-35)32-14-8-7-12-30(29(4-2)25-33)20-18-28(24-32)11-9-22-34/h26-32H,3-25,34-35H2,1-2H3. The van der Waals surface area contributed by atoms with Crippen LogP contribution >= 0.6 is 22.6 Å². The molecule has 0 aliphatic heterocycles. The predicted octanol–water partition coefficient (Wildman–Crippen LogP) is 9.52. The van der Waals surface area contributed by atoms with Crippen LogP contribution in [0.3, 0.4) is 0 Å². The molecule has 2 fully saturated rings. The van der Waals surface area contributed by atoms with Gasteiger partial charge in [0.05, 0.1) is 0 Å². The minimum absolute atomic E-state index is 0.874. The van der Waals surface area contributed by atoms with E-state index in [1.807, 2.05) is 0 Å². The first-order valence-electron chi connectivity index (χ1n) is 16.1. The topological polar surface area (TPSA) is 52.0 Å². The van der Waals surface area contributed by atoms with Crippen LogP contribution in [-0.2, 0) is 0 Å². The molecule has 0 aromatic heterocycles. The largest absolute Gasteiger partial charge is 0.330 e. The van der Waals surface area contributed by atoms with Gasteiger partial charge in [0.15, 0.2) is 0 Å². The zero-order valence-corrected chi connectivity index (χ0v) is 26.0. The first-order valence-corrected chi connectivity index (χ1v) is 17.6. The van der Waals surface area contributed by atoms with Crippen molar-refractivity contribution in [1.29, 1.82) is 0 Å². The fraction of sp³-hybridized carbons (Fsp3) is 1.00. The molecular weight excluding hydrogens is 539 g/mol. The molecule has 2 saturated carbocycles. The summed E-state index contributed by atoms with van der Waals surface area (Å²) < 4.78 is 1.35. The van der Waals surface area contributed by atoms with E-state index in [1.54, 1.807) is 0 Å². The minimum Gasteiger partial charge on any atom is -0.330 e. The second-order valence-corrected chi connectivity index (χ2v) is 13.5. The monoisotopic (exact) mass is 602 g/mol. The minimum atomic E-state index is 0.874. The van der Waals surface area contributed by atoms with Gasteiger partial charge >= 0.3 is 0 Å². The Hall–Kier alpha value is 0.650. The van der Waals surface area contributed by atoms with Crippen LogP contribution in [-0.4, -0.2) is 17.5 Å². The first-order chi connectivity index (χ1) is 17.1. The zero-order valence-electron chi connectivity index (χ0n) is 23.8. The number of hydrogen-bond acceptors (Lipinski definition) is 2. The molecule has 2 rings (SSSR count). The summed E-state index contributed by atoms with van der Waals surface area (Å²) in [5.41, 5.74) is 12.1. The normalized spacial score (nSPS) is 33.5. The van der Waals surface area contributed by atoms with Crippen LogP contribution in [0, 0.1) is 41.4 Å². The van der Waals surface area contributed by atoms with Crippen LogP contribution < -0.4 is 11.5 Å². The maximum absolute atomic E-state index is 6.07. The average molecular weight is 603 g/mol. The van der Waals surface area contributed by atoms with Crippen molar-refractivity contribution >= 4 is 22.6 Å². The van der Waals surface area contributed by atoms with Gasteiger partial charge in [-0.25, -0.2) is 0 Å². The summed E-state index contributed by atoms with van der Waals surface area (Å²) in [5.74, 6) is 6.58. The number of nitrogens with two attached hydrogens (primary N) is 2. The van der Waals surface area contributed by atoms with E-state index in [9.17, 15) is 0 Å². The van der Waals surface area contributed by atoms with Crippen molar-refractivity contribution in [2.75, 3.05) is 17.5 Å². The van der Waals surface area contributed by atoms with Gasteiger partial charge in [0.1, 0.15) is 0 Å². The Morgan fingerprint density at radius 1 is 0.657 bits per heavy atom. The highest BCUT2D eigenvalue weighted by Crippen LogP contribution is 2.41. The van der Waals surface area contributed by atoms with Crippen LogP contribution in [0.25, 0.3) is 0 Å². The van der Waals surface area contributed by atoms with E-state index in [4.69, 9.17) is 11.5 Å². The van der Waals surface area contributed by atoms with Gasteiger partial charge in [-0.2, -0.15) is 0 Å². The van der Waals surface area contributed by atoms with E-state index in [0.717, 1.165) is 54.5 Å². The van der Waals surface area contributed by atoms with Gasteiger partial charge in [-0.3, -0.25) is 0 Å². The van der Waals surface area contributed by atoms with Crippen molar-refractivity contribution in [3.8, 4) is 0 Å². The summed E-state index contributed by atoms with van der Waals surface area (Å²) in [6.45, 7) is 6.60. The van der Waals surface area contributed by atoms with Crippen molar-refractivity contribution in [2.24, 2.45) is 52.9 Å². The van der Waals surface area contributed by atoms with Crippen LogP contribution in [0.15, 0.2) is 0 Å². The average Bonchev–Trinajstić information content (AvgIpc) is 2.92. The predicted molar refractivity (Wildman–Crippen MR) is 165 cm³/mol. The Kier molecular flexibility index (Phi) is 17.9. The van der Waals surface area contributed by atoms with Crippen molar-refractivity contribution in [3.05, 3.63) is 0 Å². The molecule has 2 aliphatic rings. The SMILES string of the molecule is CCC1CCCCC(C2CCCCC(C(CC)CI)CCC(CCCN)C2)CCC(CCN)CC1. The molecular formula is C32H63IN2. The second-order valence-electron chi connectivity index (χ2n) is 12.7. The van der Waals surface area contributed by atoms with E-state index in [2.05, 4.69) is 36.4 Å². The highest BCUT2D eigenvalue weighted by Gasteiger charge is 2.29. The summed E-state index contributed by atoms with van der Waals surface area (Å²) >= 11 is 2.65. The van der Waals surface area contributed by atoms with Crippen molar-refractivity contribution in [2.45, 2.75) is 142 Å². The van der Waals surface area contributed by atoms with Gasteiger partial charge in [0.2, 0.25) is 0 Å². The van der Waals surface area contributed by atoms with Crippen molar-refractivity contribution in [1.82, 2.24) is 0 Å². The summed E-state index contributed by atoms with van der Waals surface area (Å²) in [6, 6.07) is 0. The molecule has 0 heterocycles. The molecule has 4 N–H and O–H groups in total. The van der Waals surface area contributed by atoms with E-state index >= 15 is 0 Å². The molecule has 2 nitrogen and oxygen atoms in total. The third-order valence-corrected chi connectivity index (χ3v) is 11.5. The molecule has 0 aromatic carbocycles. The lowest BCUT2D eigenvalue weighted by Crippen LogP contribution is -2.24. The van der Waals surface area contributed by atoms with Gasteiger partial charge in [0.25, 0.3) is 0 Å². The Labute approximate surface area is 234 Å². The Balaban J connectivity index is 2.10. The summed E-state index contributed by atoms with van der Waals surface area (Å²) in [4.78, 5) is 0. The summed E-state index contributed by atoms with van der Waals surface area (Å²) in [7, 11) is 0. The molecule has 0 amide bonds. The Bertz CT molecular complexity index is 494. The highest BCUT2D eigenvalue weighted by molar-refractivity contribution is 14.1. The van der Waals surface area contributed by atoms with E-state index in [1.165, 1.54) is 133 Å². The van der Waals surface area contributed by atoms with Crippen LogP contribution in [0.4, 0.5) is 0 Å². The van der Waals surface area contributed by atoms with E-state index in [0.29, 0.717) is 0 Å². The van der Waals surface area contributed by atoms with Crippen molar-refractivity contribution in [3.63, 3.8) is 0 Å². The highest BCUT2D eigenvalue weighted by atomic mass is 127. The lowest BCUT2D eigenvalue weighted by Gasteiger charge is -2.34. The number of rotatable bonds is 10. The smallest absolute Gasteiger partial charge is 0.00262 e. The van der Waals surface area contributed by atoms with Crippen LogP contribution in [0.2, 0.25) is 0 Å². The number of hydrogen-bond donors (Lipinski definition) is 2.